The smallest absolute Gasteiger partial charge is 0.168 e. The van der Waals surface area contributed by atoms with E-state index < -0.39 is 0 Å². The molecule has 0 amide bonds. The normalized spacial score (nSPS) is 18.1. The zero-order valence-corrected chi connectivity index (χ0v) is 12.3. The second-order valence-electron chi connectivity index (χ2n) is 6.20. The van der Waals surface area contributed by atoms with Crippen molar-refractivity contribution < 1.29 is 9.59 Å². The van der Waals surface area contributed by atoms with E-state index in [0.29, 0.717) is 30.7 Å². The molecular weight excluding hydrogens is 250 g/mol. The molecule has 20 heavy (non-hydrogen) atoms. The van der Waals surface area contributed by atoms with Crippen molar-refractivity contribution in [1.29, 1.82) is 0 Å². The average molecular weight is 271 g/mol. The molecule has 0 atom stereocenters. The number of allylic oxidation sites excluding steroid dienone is 2. The number of ketones is 2. The van der Waals surface area contributed by atoms with Crippen molar-refractivity contribution in [2.75, 3.05) is 0 Å². The summed E-state index contributed by atoms with van der Waals surface area (Å²) in [6.07, 6.45) is 0.886. The highest BCUT2D eigenvalue weighted by atomic mass is 16.2. The molecule has 0 bridgehead atoms. The number of hydrogen-bond acceptors (Lipinski definition) is 3. The van der Waals surface area contributed by atoms with E-state index in [1.54, 1.807) is 0 Å². The maximum atomic E-state index is 12.2. The zero-order valence-electron chi connectivity index (χ0n) is 12.3. The van der Waals surface area contributed by atoms with Gasteiger partial charge in [0.05, 0.1) is 5.57 Å². The van der Waals surface area contributed by atoms with Crippen LogP contribution in [0.1, 0.15) is 39.2 Å². The molecule has 1 fully saturated rings. The van der Waals surface area contributed by atoms with Gasteiger partial charge in [-0.2, -0.15) is 0 Å². The lowest BCUT2D eigenvalue weighted by atomic mass is 9.73. The summed E-state index contributed by atoms with van der Waals surface area (Å²) >= 11 is 0. The van der Waals surface area contributed by atoms with Gasteiger partial charge >= 0.3 is 0 Å². The number of carbonyl (C=O) groups excluding carboxylic acids is 2. The van der Waals surface area contributed by atoms with Crippen LogP contribution in [0.25, 0.3) is 0 Å². The molecule has 3 heteroatoms. The predicted molar refractivity (Wildman–Crippen MR) is 79.0 cm³/mol. The van der Waals surface area contributed by atoms with Gasteiger partial charge in [-0.15, -0.1) is 0 Å². The summed E-state index contributed by atoms with van der Waals surface area (Å²) in [5.41, 5.74) is 1.97. The fourth-order valence-electron chi connectivity index (χ4n) is 2.60. The summed E-state index contributed by atoms with van der Waals surface area (Å²) in [6.45, 7) is 6.37. The van der Waals surface area contributed by atoms with E-state index in [9.17, 15) is 9.59 Å². The van der Waals surface area contributed by atoms with Gasteiger partial charge < -0.3 is 5.32 Å². The minimum atomic E-state index is -0.211. The van der Waals surface area contributed by atoms with Crippen LogP contribution in [0.5, 0.6) is 0 Å². The molecule has 0 radical (unpaired) electrons. The van der Waals surface area contributed by atoms with Crippen LogP contribution in [0.3, 0.4) is 0 Å². The van der Waals surface area contributed by atoms with Gasteiger partial charge in [0, 0.05) is 25.1 Å². The van der Waals surface area contributed by atoms with Crippen molar-refractivity contribution >= 4 is 11.6 Å². The van der Waals surface area contributed by atoms with Crippen LogP contribution >= 0.6 is 0 Å². The first-order valence-corrected chi connectivity index (χ1v) is 6.94. The molecule has 0 spiro atoms. The first-order chi connectivity index (χ1) is 9.39. The standard InChI is InChI=1S/C17H21NO2/c1-12(18-11-13-7-5-4-6-8-13)16-14(19)9-17(2,3)10-15(16)20/h4-8,18H,9-11H2,1-3H3. The maximum absolute atomic E-state index is 12.2. The second-order valence-corrected chi connectivity index (χ2v) is 6.20. The second kappa shape index (κ2) is 5.61. The summed E-state index contributed by atoms with van der Waals surface area (Å²) in [7, 11) is 0. The number of hydrogen-bond donors (Lipinski definition) is 1. The molecule has 1 aromatic rings. The molecule has 106 valence electrons. The Hall–Kier alpha value is -1.90. The molecule has 1 aromatic carbocycles. The fourth-order valence-corrected chi connectivity index (χ4v) is 2.60. The summed E-state index contributed by atoms with van der Waals surface area (Å²) in [6, 6.07) is 9.93. The molecule has 1 saturated carbocycles. The van der Waals surface area contributed by atoms with E-state index in [4.69, 9.17) is 0 Å². The first kappa shape index (κ1) is 14.5. The molecule has 0 unspecified atom stereocenters. The lowest BCUT2D eigenvalue weighted by Crippen LogP contribution is -2.33. The SMILES string of the molecule is CC(NCc1ccccc1)=C1C(=O)CC(C)(C)CC1=O. The molecule has 1 N–H and O–H groups in total. The Labute approximate surface area is 120 Å². The fraction of sp³-hybridized carbons (Fsp3) is 0.412. The van der Waals surface area contributed by atoms with Crippen LogP contribution in [0.2, 0.25) is 0 Å². The van der Waals surface area contributed by atoms with E-state index >= 15 is 0 Å². The topological polar surface area (TPSA) is 46.2 Å². The Morgan fingerprint density at radius 1 is 1.10 bits per heavy atom. The van der Waals surface area contributed by atoms with Gasteiger partial charge in [-0.05, 0) is 17.9 Å². The lowest BCUT2D eigenvalue weighted by molar-refractivity contribution is -0.127. The third-order valence-electron chi connectivity index (χ3n) is 3.61. The van der Waals surface area contributed by atoms with Crippen LogP contribution in [0.4, 0.5) is 0 Å². The molecule has 2 rings (SSSR count). The highest BCUT2D eigenvalue weighted by Gasteiger charge is 2.36. The Morgan fingerprint density at radius 2 is 1.65 bits per heavy atom. The van der Waals surface area contributed by atoms with E-state index in [1.807, 2.05) is 51.1 Å². The minimum Gasteiger partial charge on any atom is -0.384 e. The molecule has 0 saturated heterocycles. The van der Waals surface area contributed by atoms with Crippen molar-refractivity contribution in [3.8, 4) is 0 Å². The van der Waals surface area contributed by atoms with E-state index in [2.05, 4.69) is 5.32 Å². The van der Waals surface area contributed by atoms with Crippen molar-refractivity contribution in [3.05, 3.63) is 47.2 Å². The van der Waals surface area contributed by atoms with Crippen LogP contribution < -0.4 is 5.32 Å². The van der Waals surface area contributed by atoms with Crippen LogP contribution in [-0.4, -0.2) is 11.6 Å². The molecule has 3 nitrogen and oxygen atoms in total. The molecule has 1 aliphatic carbocycles. The lowest BCUT2D eigenvalue weighted by Gasteiger charge is -2.29. The maximum Gasteiger partial charge on any atom is 0.168 e. The predicted octanol–water partition coefficient (Wildman–Crippen LogP) is 3.01. The van der Waals surface area contributed by atoms with Crippen LogP contribution in [0, 0.1) is 5.41 Å². The molecule has 0 aliphatic heterocycles. The monoisotopic (exact) mass is 271 g/mol. The van der Waals surface area contributed by atoms with E-state index in [1.165, 1.54) is 0 Å². The largest absolute Gasteiger partial charge is 0.384 e. The quantitative estimate of drug-likeness (QED) is 0.679. The number of carbonyl (C=O) groups is 2. The summed E-state index contributed by atoms with van der Waals surface area (Å²) in [4.78, 5) is 24.3. The van der Waals surface area contributed by atoms with E-state index in [0.717, 1.165) is 5.56 Å². The molecular formula is C17H21NO2. The molecule has 0 heterocycles. The highest BCUT2D eigenvalue weighted by molar-refractivity contribution is 6.22. The average Bonchev–Trinajstić information content (AvgIpc) is 2.35. The third kappa shape index (κ3) is 3.35. The van der Waals surface area contributed by atoms with Crippen molar-refractivity contribution in [3.63, 3.8) is 0 Å². The van der Waals surface area contributed by atoms with Crippen LogP contribution in [0.15, 0.2) is 41.6 Å². The van der Waals surface area contributed by atoms with Gasteiger partial charge in [0.15, 0.2) is 11.6 Å². The van der Waals surface area contributed by atoms with Crippen LogP contribution in [-0.2, 0) is 16.1 Å². The third-order valence-corrected chi connectivity index (χ3v) is 3.61. The molecule has 0 aromatic heterocycles. The Kier molecular flexibility index (Phi) is 4.07. The molecule has 1 aliphatic rings. The van der Waals surface area contributed by atoms with E-state index in [-0.39, 0.29) is 17.0 Å². The Morgan fingerprint density at radius 3 is 2.20 bits per heavy atom. The van der Waals surface area contributed by atoms with Gasteiger partial charge in [0.2, 0.25) is 0 Å². The van der Waals surface area contributed by atoms with Crippen molar-refractivity contribution in [2.45, 2.75) is 40.2 Å². The zero-order chi connectivity index (χ0) is 14.8. The highest BCUT2D eigenvalue weighted by Crippen LogP contribution is 2.34. The van der Waals surface area contributed by atoms with Crippen molar-refractivity contribution in [1.82, 2.24) is 5.32 Å². The summed E-state index contributed by atoms with van der Waals surface area (Å²) in [5, 5.41) is 3.19. The van der Waals surface area contributed by atoms with Gasteiger partial charge in [-0.3, -0.25) is 9.59 Å². The number of benzene rings is 1. The van der Waals surface area contributed by atoms with Gasteiger partial charge in [-0.25, -0.2) is 0 Å². The minimum absolute atomic E-state index is 0.0377. The first-order valence-electron chi connectivity index (χ1n) is 6.94. The number of Topliss-reactive ketones (excluding diaryl/α,β-unsaturated/α-hetero) is 2. The number of nitrogens with one attached hydrogen (secondary N) is 1. The summed E-state index contributed by atoms with van der Waals surface area (Å²) < 4.78 is 0. The van der Waals surface area contributed by atoms with Gasteiger partial charge in [0.1, 0.15) is 0 Å². The van der Waals surface area contributed by atoms with Gasteiger partial charge in [-0.1, -0.05) is 44.2 Å². The Bertz CT molecular complexity index is 534. The Balaban J connectivity index is 2.11. The summed E-state index contributed by atoms with van der Waals surface area (Å²) in [5.74, 6) is -0.0753. The van der Waals surface area contributed by atoms with Crippen molar-refractivity contribution in [2.24, 2.45) is 5.41 Å². The van der Waals surface area contributed by atoms with Gasteiger partial charge in [0.25, 0.3) is 0 Å². The number of rotatable bonds is 3.